The molecule has 178 valence electrons. The van der Waals surface area contributed by atoms with Gasteiger partial charge in [-0.05, 0) is 46.9 Å². The van der Waals surface area contributed by atoms with Gasteiger partial charge in [-0.15, -0.1) is 17.9 Å². The summed E-state index contributed by atoms with van der Waals surface area (Å²) in [5.74, 6) is -0.258. The summed E-state index contributed by atoms with van der Waals surface area (Å²) >= 11 is 1.92. The maximum Gasteiger partial charge on any atom is 0.304 e. The zero-order valence-electron chi connectivity index (χ0n) is 19.9. The Kier molecular flexibility index (Phi) is 7.70. The Labute approximate surface area is 205 Å². The maximum atomic E-state index is 11.0. The summed E-state index contributed by atoms with van der Waals surface area (Å²) in [6.07, 6.45) is 2.84. The van der Waals surface area contributed by atoms with Crippen LogP contribution in [0.3, 0.4) is 0 Å². The summed E-state index contributed by atoms with van der Waals surface area (Å²) < 4.78 is 6.00. The monoisotopic (exact) mass is 476 g/mol. The van der Waals surface area contributed by atoms with Crippen LogP contribution >= 0.6 is 11.3 Å². The lowest BCUT2D eigenvalue weighted by molar-refractivity contribution is -0.137. The van der Waals surface area contributed by atoms with E-state index in [0.29, 0.717) is 6.61 Å². The number of hydrogen-bond donors (Lipinski definition) is 1. The fourth-order valence-corrected chi connectivity index (χ4v) is 5.39. The Morgan fingerprint density at radius 2 is 1.97 bits per heavy atom. The molecule has 34 heavy (non-hydrogen) atoms. The van der Waals surface area contributed by atoms with E-state index in [4.69, 9.17) is 9.84 Å². The second-order valence-corrected chi connectivity index (χ2v) is 10.1. The third-order valence-corrected chi connectivity index (χ3v) is 7.57. The van der Waals surface area contributed by atoms with Crippen molar-refractivity contribution in [2.24, 2.45) is 0 Å². The lowest BCUT2D eigenvalue weighted by Gasteiger charge is -2.26. The quantitative estimate of drug-likeness (QED) is 0.381. The van der Waals surface area contributed by atoms with Crippen LogP contribution in [0, 0.1) is 0 Å². The summed E-state index contributed by atoms with van der Waals surface area (Å²) in [6, 6.07) is 18.6. The van der Waals surface area contributed by atoms with Crippen molar-refractivity contribution in [3.8, 4) is 5.75 Å². The zero-order chi connectivity index (χ0) is 24.1. The van der Waals surface area contributed by atoms with Gasteiger partial charge in [0.05, 0.1) is 11.4 Å². The molecule has 0 fully saturated rings. The molecule has 2 aromatic carbocycles. The summed E-state index contributed by atoms with van der Waals surface area (Å²) in [5.41, 5.74) is 4.83. The van der Waals surface area contributed by atoms with Crippen LogP contribution in [0.2, 0.25) is 0 Å². The van der Waals surface area contributed by atoms with Gasteiger partial charge < -0.3 is 14.7 Å². The van der Waals surface area contributed by atoms with E-state index < -0.39 is 5.97 Å². The smallest absolute Gasteiger partial charge is 0.304 e. The van der Waals surface area contributed by atoms with E-state index in [9.17, 15) is 4.79 Å². The van der Waals surface area contributed by atoms with E-state index in [2.05, 4.69) is 60.8 Å². The van der Waals surface area contributed by atoms with Crippen LogP contribution in [-0.2, 0) is 30.9 Å². The van der Waals surface area contributed by atoms with Crippen LogP contribution < -0.4 is 9.64 Å². The van der Waals surface area contributed by atoms with Crippen molar-refractivity contribution in [1.82, 2.24) is 4.90 Å². The van der Waals surface area contributed by atoms with Gasteiger partial charge in [-0.1, -0.05) is 42.5 Å². The molecule has 1 aromatic heterocycles. The first-order valence-corrected chi connectivity index (χ1v) is 12.4. The second kappa shape index (κ2) is 10.9. The standard InChI is InChI=1S/C28H32N2O3S/c1-4-22(16-28(31)32)23-8-10-25(11-9-23)33-19-21-7-5-6-20(14-21)17-30-13-12-26-24(18-30)15-27(34-26)29(2)3/h4-11,14-15,22H,1,12-13,16-19H2,2-3H3,(H,31,32)/t22-/m0/s1. The molecule has 0 bridgehead atoms. The Hall–Kier alpha value is -3.09. The highest BCUT2D eigenvalue weighted by Gasteiger charge is 2.20. The number of allylic oxidation sites excluding steroid dienone is 1. The van der Waals surface area contributed by atoms with Crippen LogP contribution in [0.1, 0.15) is 39.5 Å². The second-order valence-electron chi connectivity index (χ2n) is 9.01. The molecule has 0 aliphatic carbocycles. The van der Waals surface area contributed by atoms with E-state index in [1.54, 1.807) is 6.08 Å². The molecule has 5 nitrogen and oxygen atoms in total. The number of hydrogen-bond acceptors (Lipinski definition) is 5. The molecule has 0 saturated carbocycles. The zero-order valence-corrected chi connectivity index (χ0v) is 20.7. The highest BCUT2D eigenvalue weighted by atomic mass is 32.1. The molecule has 1 atom stereocenters. The Bertz CT molecular complexity index is 1140. The highest BCUT2D eigenvalue weighted by molar-refractivity contribution is 7.16. The number of anilines is 1. The summed E-state index contributed by atoms with van der Waals surface area (Å²) in [5, 5.41) is 10.4. The Morgan fingerprint density at radius 1 is 1.21 bits per heavy atom. The SMILES string of the molecule is C=C[C@@H](CC(=O)O)c1ccc(OCc2cccc(CN3CCc4sc(N(C)C)cc4C3)c2)cc1. The molecule has 0 radical (unpaired) electrons. The number of fused-ring (bicyclic) bond motifs is 1. The first kappa shape index (κ1) is 24.0. The summed E-state index contributed by atoms with van der Waals surface area (Å²) in [6.45, 7) is 7.27. The van der Waals surface area contributed by atoms with Crippen molar-refractivity contribution in [3.05, 3.63) is 94.4 Å². The molecule has 3 aromatic rings. The van der Waals surface area contributed by atoms with E-state index >= 15 is 0 Å². The van der Waals surface area contributed by atoms with Crippen LogP contribution in [0.4, 0.5) is 5.00 Å². The van der Waals surface area contributed by atoms with Gasteiger partial charge in [0.15, 0.2) is 0 Å². The predicted molar refractivity (Wildman–Crippen MR) is 139 cm³/mol. The number of ether oxygens (including phenoxy) is 1. The minimum absolute atomic E-state index is 0.0397. The molecule has 4 rings (SSSR count). The number of carboxylic acid groups (broad SMARTS) is 1. The number of carboxylic acids is 1. The van der Waals surface area contributed by atoms with Crippen LogP contribution in [0.5, 0.6) is 5.75 Å². The summed E-state index contributed by atoms with van der Waals surface area (Å²) in [7, 11) is 4.21. The molecule has 1 N–H and O–H groups in total. The van der Waals surface area contributed by atoms with Gasteiger partial charge in [0.1, 0.15) is 12.4 Å². The van der Waals surface area contributed by atoms with Crippen molar-refractivity contribution >= 4 is 22.3 Å². The number of nitrogens with zero attached hydrogens (tertiary/aromatic N) is 2. The molecule has 1 aliphatic rings. The fraction of sp³-hybridized carbons (Fsp3) is 0.321. The van der Waals surface area contributed by atoms with Crippen LogP contribution in [0.25, 0.3) is 0 Å². The van der Waals surface area contributed by atoms with Gasteiger partial charge in [-0.2, -0.15) is 0 Å². The topological polar surface area (TPSA) is 53.0 Å². The molecule has 0 spiro atoms. The third kappa shape index (κ3) is 6.07. The molecule has 1 aliphatic heterocycles. The van der Waals surface area contributed by atoms with E-state index in [1.807, 2.05) is 35.6 Å². The fourth-order valence-electron chi connectivity index (χ4n) is 4.31. The Balaban J connectivity index is 1.33. The lowest BCUT2D eigenvalue weighted by atomic mass is 9.96. The molecule has 6 heteroatoms. The van der Waals surface area contributed by atoms with Gasteiger partial charge >= 0.3 is 5.97 Å². The number of thiophene rings is 1. The first-order chi connectivity index (χ1) is 16.4. The van der Waals surface area contributed by atoms with Crippen molar-refractivity contribution in [2.75, 3.05) is 25.5 Å². The Morgan fingerprint density at radius 3 is 2.68 bits per heavy atom. The first-order valence-electron chi connectivity index (χ1n) is 11.6. The van der Waals surface area contributed by atoms with Gasteiger partial charge in [0, 0.05) is 44.5 Å². The molecule has 0 amide bonds. The van der Waals surface area contributed by atoms with E-state index in [-0.39, 0.29) is 12.3 Å². The van der Waals surface area contributed by atoms with Crippen LogP contribution in [0.15, 0.2) is 67.3 Å². The average Bonchev–Trinajstić information content (AvgIpc) is 3.26. The van der Waals surface area contributed by atoms with Gasteiger partial charge in [0.2, 0.25) is 0 Å². The molecular weight excluding hydrogens is 444 g/mol. The van der Waals surface area contributed by atoms with Gasteiger partial charge in [0.25, 0.3) is 0 Å². The molecule has 0 saturated heterocycles. The molecular formula is C28H32N2O3S. The van der Waals surface area contributed by atoms with Crippen molar-refractivity contribution in [2.45, 2.75) is 38.5 Å². The molecule has 0 unspecified atom stereocenters. The van der Waals surface area contributed by atoms with Crippen molar-refractivity contribution in [1.29, 1.82) is 0 Å². The normalized spacial score (nSPS) is 14.3. The highest BCUT2D eigenvalue weighted by Crippen LogP contribution is 2.33. The van der Waals surface area contributed by atoms with E-state index in [1.165, 1.54) is 21.0 Å². The van der Waals surface area contributed by atoms with Crippen molar-refractivity contribution < 1.29 is 14.6 Å². The largest absolute Gasteiger partial charge is 0.489 e. The van der Waals surface area contributed by atoms with Gasteiger partial charge in [-0.3, -0.25) is 9.69 Å². The number of rotatable bonds is 10. The van der Waals surface area contributed by atoms with Crippen LogP contribution in [-0.4, -0.2) is 36.6 Å². The van der Waals surface area contributed by atoms with Gasteiger partial charge in [-0.25, -0.2) is 0 Å². The summed E-state index contributed by atoms with van der Waals surface area (Å²) in [4.78, 5) is 17.3. The average molecular weight is 477 g/mol. The minimum atomic E-state index is -0.830. The number of carbonyl (C=O) groups is 1. The number of benzene rings is 2. The number of aliphatic carboxylic acids is 1. The minimum Gasteiger partial charge on any atom is -0.489 e. The lowest BCUT2D eigenvalue weighted by Crippen LogP contribution is -2.29. The van der Waals surface area contributed by atoms with Crippen molar-refractivity contribution in [3.63, 3.8) is 0 Å². The maximum absolute atomic E-state index is 11.0. The third-order valence-electron chi connectivity index (χ3n) is 6.16. The molecule has 2 heterocycles. The van der Waals surface area contributed by atoms with E-state index in [0.717, 1.165) is 42.9 Å². The predicted octanol–water partition coefficient (Wildman–Crippen LogP) is 5.70.